The van der Waals surface area contributed by atoms with E-state index in [2.05, 4.69) is 17.9 Å². The first kappa shape index (κ1) is 16.4. The van der Waals surface area contributed by atoms with Crippen LogP contribution in [-0.4, -0.2) is 44.4 Å². The summed E-state index contributed by atoms with van der Waals surface area (Å²) in [5.74, 6) is 2.07. The van der Waals surface area contributed by atoms with Crippen molar-refractivity contribution in [2.45, 2.75) is 38.3 Å². The number of piperidine rings is 1. The molecule has 0 amide bonds. The lowest BCUT2D eigenvalue weighted by molar-refractivity contribution is 0.0770. The fraction of sp³-hybridized carbons (Fsp3) is 0.588. The van der Waals surface area contributed by atoms with Crippen LogP contribution in [0, 0.1) is 11.3 Å². The molecule has 1 heterocycles. The molecule has 1 aromatic rings. The Kier molecular flexibility index (Phi) is 5.91. The summed E-state index contributed by atoms with van der Waals surface area (Å²) in [5, 5.41) is 8.80. The number of hydrogen-bond acceptors (Lipinski definition) is 5. The Morgan fingerprint density at radius 2 is 1.82 bits per heavy atom. The molecule has 0 aromatic heterocycles. The van der Waals surface area contributed by atoms with Gasteiger partial charge in [-0.25, -0.2) is 0 Å². The predicted molar refractivity (Wildman–Crippen MR) is 84.5 cm³/mol. The lowest BCUT2D eigenvalue weighted by atomic mass is 10.0. The summed E-state index contributed by atoms with van der Waals surface area (Å²) < 4.78 is 16.9. The van der Waals surface area contributed by atoms with Gasteiger partial charge < -0.3 is 14.2 Å². The molecule has 1 aromatic carbocycles. The molecular formula is C17H24N2O3. The second-order valence-corrected chi connectivity index (χ2v) is 5.56. The zero-order valence-corrected chi connectivity index (χ0v) is 13.5. The number of hydrogen-bond donors (Lipinski definition) is 0. The van der Waals surface area contributed by atoms with Crippen LogP contribution in [0.3, 0.4) is 0 Å². The number of ether oxygens (including phenoxy) is 3. The molecule has 0 N–H and O–H groups in total. The van der Waals surface area contributed by atoms with Crippen molar-refractivity contribution in [3.8, 4) is 23.3 Å². The number of rotatable bonds is 6. The number of likely N-dealkylation sites (tertiary alicyclic amines) is 1. The van der Waals surface area contributed by atoms with E-state index in [0.29, 0.717) is 29.7 Å². The number of nitriles is 1. The molecule has 5 heteroatoms. The van der Waals surface area contributed by atoms with Crippen LogP contribution in [-0.2, 0) is 0 Å². The highest BCUT2D eigenvalue weighted by Crippen LogP contribution is 2.38. The quantitative estimate of drug-likeness (QED) is 0.809. The van der Waals surface area contributed by atoms with Gasteiger partial charge in [-0.2, -0.15) is 5.26 Å². The van der Waals surface area contributed by atoms with Crippen molar-refractivity contribution >= 4 is 0 Å². The molecule has 0 radical (unpaired) electrons. The van der Waals surface area contributed by atoms with Gasteiger partial charge in [-0.1, -0.05) is 6.07 Å². The molecule has 1 atom stereocenters. The molecule has 1 unspecified atom stereocenters. The Morgan fingerprint density at radius 1 is 1.23 bits per heavy atom. The van der Waals surface area contributed by atoms with Crippen molar-refractivity contribution in [1.82, 2.24) is 4.90 Å². The van der Waals surface area contributed by atoms with E-state index in [0.717, 1.165) is 25.9 Å². The van der Waals surface area contributed by atoms with Crippen LogP contribution in [0.4, 0.5) is 0 Å². The summed E-state index contributed by atoms with van der Waals surface area (Å²) >= 11 is 0. The number of nitrogens with zero attached hydrogens (tertiary/aromatic N) is 2. The fourth-order valence-corrected chi connectivity index (χ4v) is 2.80. The molecule has 120 valence electrons. The molecule has 22 heavy (non-hydrogen) atoms. The highest BCUT2D eigenvalue weighted by Gasteiger charge is 2.25. The highest BCUT2D eigenvalue weighted by atomic mass is 16.5. The standard InChI is InChI=1S/C17H24N2O3/c1-13(7-10-18)19-11-8-14(9-12-19)22-17-15(20-2)5-4-6-16(17)21-3/h4-6,13-14H,7-9,11-12H2,1-3H3. The van der Waals surface area contributed by atoms with E-state index in [1.54, 1.807) is 14.2 Å². The molecule has 1 saturated heterocycles. The van der Waals surface area contributed by atoms with Gasteiger partial charge in [0, 0.05) is 19.1 Å². The molecule has 2 rings (SSSR count). The highest BCUT2D eigenvalue weighted by molar-refractivity contribution is 5.51. The number of methoxy groups -OCH3 is 2. The van der Waals surface area contributed by atoms with Gasteiger partial charge in [-0.05, 0) is 31.9 Å². The maximum Gasteiger partial charge on any atom is 0.203 e. The van der Waals surface area contributed by atoms with Gasteiger partial charge in [0.05, 0.1) is 26.7 Å². The van der Waals surface area contributed by atoms with Gasteiger partial charge in [0.25, 0.3) is 0 Å². The minimum absolute atomic E-state index is 0.149. The second-order valence-electron chi connectivity index (χ2n) is 5.56. The van der Waals surface area contributed by atoms with Gasteiger partial charge >= 0.3 is 0 Å². The van der Waals surface area contributed by atoms with Gasteiger partial charge in [-0.3, -0.25) is 4.90 Å². The molecule has 1 aliphatic rings. The Balaban J connectivity index is 1.98. The topological polar surface area (TPSA) is 54.7 Å². The van der Waals surface area contributed by atoms with Crippen LogP contribution in [0.25, 0.3) is 0 Å². The molecule has 0 spiro atoms. The smallest absolute Gasteiger partial charge is 0.203 e. The van der Waals surface area contributed by atoms with E-state index in [4.69, 9.17) is 19.5 Å². The average Bonchev–Trinajstić information content (AvgIpc) is 2.56. The third-order valence-corrected chi connectivity index (χ3v) is 4.15. The van der Waals surface area contributed by atoms with E-state index in [1.165, 1.54) is 0 Å². The number of benzene rings is 1. The van der Waals surface area contributed by atoms with E-state index in [9.17, 15) is 0 Å². The normalized spacial score (nSPS) is 17.5. The summed E-state index contributed by atoms with van der Waals surface area (Å²) in [6.45, 7) is 4.00. The maximum atomic E-state index is 8.80. The van der Waals surface area contributed by atoms with Crippen molar-refractivity contribution in [2.24, 2.45) is 0 Å². The van der Waals surface area contributed by atoms with E-state index in [1.807, 2.05) is 18.2 Å². The first-order valence-corrected chi connectivity index (χ1v) is 7.68. The Morgan fingerprint density at radius 3 is 2.32 bits per heavy atom. The van der Waals surface area contributed by atoms with Crippen molar-refractivity contribution in [3.05, 3.63) is 18.2 Å². The lowest BCUT2D eigenvalue weighted by Crippen LogP contribution is -2.42. The summed E-state index contributed by atoms with van der Waals surface area (Å²) in [5.41, 5.74) is 0. The van der Waals surface area contributed by atoms with Crippen molar-refractivity contribution < 1.29 is 14.2 Å². The Bertz CT molecular complexity index is 497. The van der Waals surface area contributed by atoms with Gasteiger partial charge in [0.2, 0.25) is 5.75 Å². The van der Waals surface area contributed by atoms with Crippen molar-refractivity contribution in [3.63, 3.8) is 0 Å². The van der Waals surface area contributed by atoms with Crippen LogP contribution >= 0.6 is 0 Å². The second kappa shape index (κ2) is 7.90. The maximum absolute atomic E-state index is 8.80. The summed E-state index contributed by atoms with van der Waals surface area (Å²) in [7, 11) is 3.27. The summed E-state index contributed by atoms with van der Waals surface area (Å²) in [6, 6.07) is 8.19. The van der Waals surface area contributed by atoms with E-state index in [-0.39, 0.29) is 6.10 Å². The molecular weight excluding hydrogens is 280 g/mol. The van der Waals surface area contributed by atoms with Crippen LogP contribution in [0.15, 0.2) is 18.2 Å². The van der Waals surface area contributed by atoms with Gasteiger partial charge in [0.1, 0.15) is 6.10 Å². The zero-order chi connectivity index (χ0) is 15.9. The number of para-hydroxylation sites is 1. The minimum Gasteiger partial charge on any atom is -0.493 e. The third-order valence-electron chi connectivity index (χ3n) is 4.15. The lowest BCUT2D eigenvalue weighted by Gasteiger charge is -2.35. The van der Waals surface area contributed by atoms with Crippen LogP contribution in [0.2, 0.25) is 0 Å². The fourth-order valence-electron chi connectivity index (χ4n) is 2.80. The monoisotopic (exact) mass is 304 g/mol. The van der Waals surface area contributed by atoms with Crippen LogP contribution in [0.5, 0.6) is 17.2 Å². The van der Waals surface area contributed by atoms with Crippen molar-refractivity contribution in [1.29, 1.82) is 5.26 Å². The third kappa shape index (κ3) is 3.83. The molecule has 1 aliphatic heterocycles. The molecule has 5 nitrogen and oxygen atoms in total. The van der Waals surface area contributed by atoms with Crippen LogP contribution in [0.1, 0.15) is 26.2 Å². The molecule has 0 saturated carbocycles. The molecule has 1 fully saturated rings. The average molecular weight is 304 g/mol. The van der Waals surface area contributed by atoms with Gasteiger partial charge in [-0.15, -0.1) is 0 Å². The molecule has 0 bridgehead atoms. The minimum atomic E-state index is 0.149. The van der Waals surface area contributed by atoms with E-state index < -0.39 is 0 Å². The summed E-state index contributed by atoms with van der Waals surface area (Å²) in [4.78, 5) is 2.35. The van der Waals surface area contributed by atoms with Crippen molar-refractivity contribution in [2.75, 3.05) is 27.3 Å². The predicted octanol–water partition coefficient (Wildman–Crippen LogP) is 2.85. The van der Waals surface area contributed by atoms with E-state index >= 15 is 0 Å². The SMILES string of the molecule is COc1cccc(OC)c1OC1CCN(C(C)CC#N)CC1. The first-order valence-electron chi connectivity index (χ1n) is 7.68. The first-order chi connectivity index (χ1) is 10.7. The molecule has 0 aliphatic carbocycles. The summed E-state index contributed by atoms with van der Waals surface area (Å²) in [6.07, 6.45) is 2.61. The Labute approximate surface area is 132 Å². The van der Waals surface area contributed by atoms with Crippen LogP contribution < -0.4 is 14.2 Å². The zero-order valence-electron chi connectivity index (χ0n) is 13.5. The van der Waals surface area contributed by atoms with Gasteiger partial charge in [0.15, 0.2) is 11.5 Å². The largest absolute Gasteiger partial charge is 0.493 e. The Hall–Kier alpha value is -1.93.